The topological polar surface area (TPSA) is 9.23 Å². The minimum absolute atomic E-state index is 0.123. The molecule has 0 N–H and O–H groups in total. The van der Waals surface area contributed by atoms with Crippen LogP contribution in [-0.2, 0) is 4.74 Å². The Morgan fingerprint density at radius 1 is 1.42 bits per heavy atom. The molecular formula is C11H22O. The third-order valence-electron chi connectivity index (χ3n) is 3.15. The highest BCUT2D eigenvalue weighted by molar-refractivity contribution is 4.86. The molecular weight excluding hydrogens is 148 g/mol. The molecule has 0 aromatic rings. The lowest BCUT2D eigenvalue weighted by molar-refractivity contribution is -0.0320. The fraction of sp³-hybridized carbons (Fsp3) is 1.00. The average Bonchev–Trinajstić information content (AvgIpc) is 2.22. The number of rotatable bonds is 3. The first-order chi connectivity index (χ1) is 5.56. The molecule has 2 atom stereocenters. The summed E-state index contributed by atoms with van der Waals surface area (Å²) in [5.41, 5.74) is 0.123. The molecule has 72 valence electrons. The Balaban J connectivity index is 2.33. The quantitative estimate of drug-likeness (QED) is 0.631. The van der Waals surface area contributed by atoms with Crippen molar-refractivity contribution in [2.75, 3.05) is 0 Å². The number of unbranched alkanes of at least 4 members (excludes halogenated alkanes) is 1. The zero-order valence-electron chi connectivity index (χ0n) is 8.89. The second-order valence-corrected chi connectivity index (χ2v) is 4.62. The molecule has 1 heterocycles. The van der Waals surface area contributed by atoms with Crippen molar-refractivity contribution in [3.8, 4) is 0 Å². The van der Waals surface area contributed by atoms with Gasteiger partial charge in [-0.25, -0.2) is 0 Å². The Morgan fingerprint density at radius 2 is 2.08 bits per heavy atom. The molecule has 1 nitrogen and oxygen atoms in total. The van der Waals surface area contributed by atoms with E-state index in [9.17, 15) is 0 Å². The fourth-order valence-corrected chi connectivity index (χ4v) is 1.88. The molecule has 1 heteroatoms. The SMILES string of the molecule is CCCCC1CC(C)C(C)(C)O1. The Kier molecular flexibility index (Phi) is 3.16. The summed E-state index contributed by atoms with van der Waals surface area (Å²) in [6.45, 7) is 8.96. The van der Waals surface area contributed by atoms with Gasteiger partial charge in [-0.3, -0.25) is 0 Å². The molecule has 0 bridgehead atoms. The summed E-state index contributed by atoms with van der Waals surface area (Å²) in [6, 6.07) is 0. The first kappa shape index (κ1) is 10.0. The third kappa shape index (κ3) is 2.22. The van der Waals surface area contributed by atoms with E-state index in [1.165, 1.54) is 25.7 Å². The second-order valence-electron chi connectivity index (χ2n) is 4.62. The minimum atomic E-state index is 0.123. The van der Waals surface area contributed by atoms with Crippen molar-refractivity contribution in [2.45, 2.75) is 65.1 Å². The minimum Gasteiger partial charge on any atom is -0.372 e. The van der Waals surface area contributed by atoms with Crippen LogP contribution in [0.2, 0.25) is 0 Å². The Morgan fingerprint density at radius 3 is 2.50 bits per heavy atom. The van der Waals surface area contributed by atoms with Gasteiger partial charge in [0.1, 0.15) is 0 Å². The molecule has 0 radical (unpaired) electrons. The molecule has 12 heavy (non-hydrogen) atoms. The van der Waals surface area contributed by atoms with Gasteiger partial charge in [-0.15, -0.1) is 0 Å². The summed E-state index contributed by atoms with van der Waals surface area (Å²) >= 11 is 0. The van der Waals surface area contributed by atoms with Crippen LogP contribution in [0.1, 0.15) is 53.4 Å². The average molecular weight is 170 g/mol. The van der Waals surface area contributed by atoms with Crippen LogP contribution in [0.4, 0.5) is 0 Å². The van der Waals surface area contributed by atoms with Gasteiger partial charge in [-0.2, -0.15) is 0 Å². The van der Waals surface area contributed by atoms with Crippen molar-refractivity contribution in [3.63, 3.8) is 0 Å². The van der Waals surface area contributed by atoms with Crippen LogP contribution >= 0.6 is 0 Å². The smallest absolute Gasteiger partial charge is 0.0656 e. The first-order valence-corrected chi connectivity index (χ1v) is 5.24. The standard InChI is InChI=1S/C11H22O/c1-5-6-7-10-8-9(2)11(3,4)12-10/h9-10H,5-8H2,1-4H3. The van der Waals surface area contributed by atoms with Crippen molar-refractivity contribution >= 4 is 0 Å². The van der Waals surface area contributed by atoms with Gasteiger partial charge >= 0.3 is 0 Å². The number of ether oxygens (including phenoxy) is 1. The molecule has 0 aromatic carbocycles. The van der Waals surface area contributed by atoms with E-state index in [-0.39, 0.29) is 5.60 Å². The van der Waals surface area contributed by atoms with Gasteiger partial charge in [0.2, 0.25) is 0 Å². The van der Waals surface area contributed by atoms with Crippen molar-refractivity contribution < 1.29 is 4.74 Å². The lowest BCUT2D eigenvalue weighted by Crippen LogP contribution is -2.25. The van der Waals surface area contributed by atoms with Crippen LogP contribution in [0.25, 0.3) is 0 Å². The molecule has 0 amide bonds. The van der Waals surface area contributed by atoms with E-state index >= 15 is 0 Å². The van der Waals surface area contributed by atoms with Crippen molar-refractivity contribution in [1.29, 1.82) is 0 Å². The van der Waals surface area contributed by atoms with Crippen LogP contribution in [0.3, 0.4) is 0 Å². The monoisotopic (exact) mass is 170 g/mol. The van der Waals surface area contributed by atoms with Gasteiger partial charge in [-0.1, -0.05) is 26.7 Å². The largest absolute Gasteiger partial charge is 0.372 e. The molecule has 1 rings (SSSR count). The summed E-state index contributed by atoms with van der Waals surface area (Å²) < 4.78 is 5.96. The molecule has 1 fully saturated rings. The Hall–Kier alpha value is -0.0400. The van der Waals surface area contributed by atoms with E-state index in [4.69, 9.17) is 4.74 Å². The highest BCUT2D eigenvalue weighted by atomic mass is 16.5. The van der Waals surface area contributed by atoms with E-state index in [1.807, 2.05) is 0 Å². The summed E-state index contributed by atoms with van der Waals surface area (Å²) in [5, 5.41) is 0. The number of hydrogen-bond acceptors (Lipinski definition) is 1. The zero-order valence-corrected chi connectivity index (χ0v) is 8.89. The van der Waals surface area contributed by atoms with Crippen LogP contribution in [-0.4, -0.2) is 11.7 Å². The van der Waals surface area contributed by atoms with Gasteiger partial charge in [0.05, 0.1) is 11.7 Å². The maximum Gasteiger partial charge on any atom is 0.0656 e. The highest BCUT2D eigenvalue weighted by Gasteiger charge is 2.37. The van der Waals surface area contributed by atoms with E-state index in [2.05, 4.69) is 27.7 Å². The van der Waals surface area contributed by atoms with Crippen LogP contribution in [0.5, 0.6) is 0 Å². The first-order valence-electron chi connectivity index (χ1n) is 5.24. The lowest BCUT2D eigenvalue weighted by atomic mass is 9.91. The summed E-state index contributed by atoms with van der Waals surface area (Å²) in [4.78, 5) is 0. The normalized spacial score (nSPS) is 34.0. The van der Waals surface area contributed by atoms with Gasteiger partial charge in [0, 0.05) is 0 Å². The predicted octanol–water partition coefficient (Wildman–Crippen LogP) is 3.38. The van der Waals surface area contributed by atoms with Crippen LogP contribution < -0.4 is 0 Å². The van der Waals surface area contributed by atoms with E-state index in [0.29, 0.717) is 6.10 Å². The number of hydrogen-bond donors (Lipinski definition) is 0. The van der Waals surface area contributed by atoms with Crippen LogP contribution in [0.15, 0.2) is 0 Å². The molecule has 1 aliphatic rings. The third-order valence-corrected chi connectivity index (χ3v) is 3.15. The molecule has 0 spiro atoms. The summed E-state index contributed by atoms with van der Waals surface area (Å²) in [6.07, 6.45) is 5.65. The molecule has 1 saturated heterocycles. The highest BCUT2D eigenvalue weighted by Crippen LogP contribution is 2.36. The fourth-order valence-electron chi connectivity index (χ4n) is 1.88. The molecule has 0 saturated carbocycles. The molecule has 1 aliphatic heterocycles. The maximum absolute atomic E-state index is 5.96. The molecule has 2 unspecified atom stereocenters. The lowest BCUT2D eigenvalue weighted by Gasteiger charge is -2.23. The van der Waals surface area contributed by atoms with Gasteiger partial charge in [0.25, 0.3) is 0 Å². The van der Waals surface area contributed by atoms with E-state index in [0.717, 1.165) is 5.92 Å². The zero-order chi connectivity index (χ0) is 9.19. The maximum atomic E-state index is 5.96. The van der Waals surface area contributed by atoms with E-state index in [1.54, 1.807) is 0 Å². The Labute approximate surface area is 76.5 Å². The van der Waals surface area contributed by atoms with E-state index < -0.39 is 0 Å². The predicted molar refractivity (Wildman–Crippen MR) is 52.3 cm³/mol. The van der Waals surface area contributed by atoms with Gasteiger partial charge in [0.15, 0.2) is 0 Å². The van der Waals surface area contributed by atoms with Gasteiger partial charge in [-0.05, 0) is 32.6 Å². The van der Waals surface area contributed by atoms with Crippen molar-refractivity contribution in [2.24, 2.45) is 5.92 Å². The van der Waals surface area contributed by atoms with Crippen LogP contribution in [0, 0.1) is 5.92 Å². The molecule has 0 aromatic heterocycles. The Bertz CT molecular complexity index is 140. The van der Waals surface area contributed by atoms with Crippen molar-refractivity contribution in [3.05, 3.63) is 0 Å². The molecule has 0 aliphatic carbocycles. The summed E-state index contributed by atoms with van der Waals surface area (Å²) in [5.74, 6) is 0.722. The van der Waals surface area contributed by atoms with Crippen molar-refractivity contribution in [1.82, 2.24) is 0 Å². The second kappa shape index (κ2) is 3.78. The summed E-state index contributed by atoms with van der Waals surface area (Å²) in [7, 11) is 0. The van der Waals surface area contributed by atoms with Gasteiger partial charge < -0.3 is 4.74 Å².